The first-order valence-corrected chi connectivity index (χ1v) is 10.3. The molecule has 0 aromatic carbocycles. The van der Waals surface area contributed by atoms with E-state index in [9.17, 15) is 24.3 Å². The molecular formula is C20H38N4O5. The Hall–Kier alpha value is -2.16. The van der Waals surface area contributed by atoms with Gasteiger partial charge in [-0.2, -0.15) is 0 Å². The first kappa shape index (κ1) is 26.8. The zero-order chi connectivity index (χ0) is 22.7. The van der Waals surface area contributed by atoms with Gasteiger partial charge in [-0.15, -0.1) is 0 Å². The Balaban J connectivity index is 5.42. The molecule has 0 fully saturated rings. The van der Waals surface area contributed by atoms with Gasteiger partial charge < -0.3 is 26.8 Å². The Bertz CT molecular complexity index is 565. The molecule has 9 nitrogen and oxygen atoms in total. The van der Waals surface area contributed by atoms with Gasteiger partial charge in [0, 0.05) is 0 Å². The van der Waals surface area contributed by atoms with Crippen molar-refractivity contribution < 1.29 is 24.3 Å². The highest BCUT2D eigenvalue weighted by Crippen LogP contribution is 2.12. The summed E-state index contributed by atoms with van der Waals surface area (Å²) in [5, 5.41) is 17.2. The van der Waals surface area contributed by atoms with Gasteiger partial charge in [0.05, 0.1) is 6.54 Å². The third kappa shape index (κ3) is 10.3. The molecule has 0 aliphatic carbocycles. The van der Waals surface area contributed by atoms with E-state index in [1.165, 1.54) is 0 Å². The fraction of sp³-hybridized carbons (Fsp3) is 0.800. The van der Waals surface area contributed by atoms with E-state index in [1.807, 2.05) is 34.6 Å². The molecule has 0 saturated heterocycles. The highest BCUT2D eigenvalue weighted by atomic mass is 16.4. The van der Waals surface area contributed by atoms with Gasteiger partial charge in [-0.05, 0) is 30.6 Å². The number of rotatable bonds is 13. The van der Waals surface area contributed by atoms with Crippen molar-refractivity contribution in [3.63, 3.8) is 0 Å². The fourth-order valence-electron chi connectivity index (χ4n) is 2.87. The second kappa shape index (κ2) is 13.1. The molecule has 0 heterocycles. The van der Waals surface area contributed by atoms with Crippen molar-refractivity contribution in [2.75, 3.05) is 6.54 Å². The van der Waals surface area contributed by atoms with Gasteiger partial charge in [-0.25, -0.2) is 4.79 Å². The van der Waals surface area contributed by atoms with Crippen LogP contribution in [0.1, 0.15) is 60.8 Å². The summed E-state index contributed by atoms with van der Waals surface area (Å²) in [4.78, 5) is 48.8. The van der Waals surface area contributed by atoms with E-state index in [4.69, 9.17) is 5.73 Å². The van der Waals surface area contributed by atoms with Crippen LogP contribution in [0.5, 0.6) is 0 Å². The van der Waals surface area contributed by atoms with Gasteiger partial charge in [0.2, 0.25) is 17.7 Å². The molecule has 4 atom stereocenters. The van der Waals surface area contributed by atoms with E-state index in [0.717, 1.165) is 0 Å². The summed E-state index contributed by atoms with van der Waals surface area (Å²) < 4.78 is 0. The monoisotopic (exact) mass is 414 g/mol. The highest BCUT2D eigenvalue weighted by Gasteiger charge is 2.32. The number of nitrogens with two attached hydrogens (primary N) is 1. The molecule has 0 aliphatic heterocycles. The van der Waals surface area contributed by atoms with Gasteiger partial charge in [-0.1, -0.05) is 48.0 Å². The van der Waals surface area contributed by atoms with Crippen LogP contribution in [0, 0.1) is 17.8 Å². The Kier molecular flexibility index (Phi) is 12.2. The first-order valence-electron chi connectivity index (χ1n) is 10.3. The molecule has 29 heavy (non-hydrogen) atoms. The number of aliphatic carboxylic acids is 1. The lowest BCUT2D eigenvalue weighted by molar-refractivity contribution is -0.143. The topological polar surface area (TPSA) is 151 Å². The first-order chi connectivity index (χ1) is 13.4. The summed E-state index contributed by atoms with van der Waals surface area (Å²) >= 11 is 0. The van der Waals surface area contributed by atoms with Crippen LogP contribution in [0.25, 0.3) is 0 Å². The summed E-state index contributed by atoms with van der Waals surface area (Å²) in [5.41, 5.74) is 5.33. The van der Waals surface area contributed by atoms with Gasteiger partial charge in [0.25, 0.3) is 0 Å². The molecule has 0 aliphatic rings. The number of carboxylic acids is 1. The van der Waals surface area contributed by atoms with Gasteiger partial charge in [-0.3, -0.25) is 14.4 Å². The van der Waals surface area contributed by atoms with E-state index in [2.05, 4.69) is 16.0 Å². The second-order valence-corrected chi connectivity index (χ2v) is 8.35. The molecule has 0 rings (SSSR count). The maximum absolute atomic E-state index is 12.8. The van der Waals surface area contributed by atoms with Crippen LogP contribution in [-0.4, -0.2) is 53.5 Å². The quantitative estimate of drug-likeness (QED) is 0.298. The minimum absolute atomic E-state index is 0.0786. The summed E-state index contributed by atoms with van der Waals surface area (Å²) in [6, 6.07) is -2.77. The zero-order valence-electron chi connectivity index (χ0n) is 18.5. The molecule has 0 spiro atoms. The van der Waals surface area contributed by atoms with Crippen LogP contribution >= 0.6 is 0 Å². The summed E-state index contributed by atoms with van der Waals surface area (Å²) in [6.45, 7) is 11.0. The lowest BCUT2D eigenvalue weighted by Gasteiger charge is -2.28. The number of hydrogen-bond donors (Lipinski definition) is 5. The van der Waals surface area contributed by atoms with Crippen LogP contribution in [0.15, 0.2) is 0 Å². The molecule has 0 saturated carbocycles. The highest BCUT2D eigenvalue weighted by molar-refractivity contribution is 5.93. The predicted molar refractivity (Wildman–Crippen MR) is 111 cm³/mol. The van der Waals surface area contributed by atoms with Crippen LogP contribution in [-0.2, 0) is 19.2 Å². The smallest absolute Gasteiger partial charge is 0.326 e. The molecule has 0 bridgehead atoms. The van der Waals surface area contributed by atoms with E-state index in [1.54, 1.807) is 6.92 Å². The SMILES string of the molecule is CCC(C)C(NC(=O)C(CC(C)C)NC(=O)CN)C(=O)NC(CC(C)C)C(=O)O. The zero-order valence-corrected chi connectivity index (χ0v) is 18.5. The van der Waals surface area contributed by atoms with E-state index in [0.29, 0.717) is 12.8 Å². The number of hydrogen-bond acceptors (Lipinski definition) is 5. The van der Waals surface area contributed by atoms with Gasteiger partial charge in [0.1, 0.15) is 18.1 Å². The van der Waals surface area contributed by atoms with Crippen LogP contribution in [0.3, 0.4) is 0 Å². The molecule has 6 N–H and O–H groups in total. The van der Waals surface area contributed by atoms with E-state index < -0.39 is 41.8 Å². The lowest BCUT2D eigenvalue weighted by atomic mass is 9.95. The molecule has 9 heteroatoms. The minimum Gasteiger partial charge on any atom is -0.480 e. The van der Waals surface area contributed by atoms with E-state index in [-0.39, 0.29) is 30.7 Å². The number of carbonyl (C=O) groups is 4. The molecule has 3 amide bonds. The molecular weight excluding hydrogens is 376 g/mol. The van der Waals surface area contributed by atoms with Crippen molar-refractivity contribution >= 4 is 23.7 Å². The Labute approximate surface area is 173 Å². The molecule has 0 aromatic rings. The van der Waals surface area contributed by atoms with Gasteiger partial charge >= 0.3 is 5.97 Å². The Morgan fingerprint density at radius 1 is 0.828 bits per heavy atom. The van der Waals surface area contributed by atoms with Crippen molar-refractivity contribution in [3.05, 3.63) is 0 Å². The van der Waals surface area contributed by atoms with Crippen LogP contribution in [0.2, 0.25) is 0 Å². The molecule has 0 aromatic heterocycles. The number of carbonyl (C=O) groups excluding carboxylic acids is 3. The third-order valence-electron chi connectivity index (χ3n) is 4.66. The average molecular weight is 415 g/mol. The lowest BCUT2D eigenvalue weighted by Crippen LogP contribution is -2.58. The maximum Gasteiger partial charge on any atom is 0.326 e. The van der Waals surface area contributed by atoms with Gasteiger partial charge in [0.15, 0.2) is 0 Å². The van der Waals surface area contributed by atoms with Crippen molar-refractivity contribution in [3.8, 4) is 0 Å². The third-order valence-corrected chi connectivity index (χ3v) is 4.66. The number of carboxylic acid groups (broad SMARTS) is 1. The van der Waals surface area contributed by atoms with Crippen LogP contribution in [0.4, 0.5) is 0 Å². The fourth-order valence-corrected chi connectivity index (χ4v) is 2.87. The van der Waals surface area contributed by atoms with E-state index >= 15 is 0 Å². The van der Waals surface area contributed by atoms with Crippen molar-refractivity contribution in [2.45, 2.75) is 78.9 Å². The number of amides is 3. The summed E-state index contributed by atoms with van der Waals surface area (Å²) in [7, 11) is 0. The Morgan fingerprint density at radius 2 is 1.34 bits per heavy atom. The summed E-state index contributed by atoms with van der Waals surface area (Å²) in [6.07, 6.45) is 1.27. The van der Waals surface area contributed by atoms with Crippen LogP contribution < -0.4 is 21.7 Å². The number of nitrogens with one attached hydrogen (secondary N) is 3. The second-order valence-electron chi connectivity index (χ2n) is 8.35. The standard InChI is InChI=1S/C20H38N4O5/c1-7-13(6)17(19(27)23-15(20(28)29)9-12(4)5)24-18(26)14(8-11(2)3)22-16(25)10-21/h11-15,17H,7-10,21H2,1-6H3,(H,22,25)(H,23,27)(H,24,26)(H,28,29). The van der Waals surface area contributed by atoms with Crippen molar-refractivity contribution in [2.24, 2.45) is 23.5 Å². The normalized spacial score (nSPS) is 15.3. The molecule has 4 unspecified atom stereocenters. The average Bonchev–Trinajstić information content (AvgIpc) is 2.62. The minimum atomic E-state index is -1.12. The molecule has 168 valence electrons. The maximum atomic E-state index is 12.8. The predicted octanol–water partition coefficient (Wildman–Crippen LogP) is 0.622. The summed E-state index contributed by atoms with van der Waals surface area (Å²) in [5.74, 6) is -2.63. The van der Waals surface area contributed by atoms with Crippen molar-refractivity contribution in [1.29, 1.82) is 0 Å². The Morgan fingerprint density at radius 3 is 1.76 bits per heavy atom. The van der Waals surface area contributed by atoms with Crippen molar-refractivity contribution in [1.82, 2.24) is 16.0 Å². The molecule has 0 radical (unpaired) electrons. The largest absolute Gasteiger partial charge is 0.480 e.